The van der Waals surface area contributed by atoms with Crippen LogP contribution in [0.15, 0.2) is 28.4 Å². The largest absolute Gasteiger partial charge is 0.381 e. The second-order valence-corrected chi connectivity index (χ2v) is 2.78. The quantitative estimate of drug-likeness (QED) is 0.554. The Morgan fingerprint density at radius 1 is 1.60 bits per heavy atom. The Bertz CT molecular complexity index is 230. The summed E-state index contributed by atoms with van der Waals surface area (Å²) in [5, 5.41) is 3.95. The van der Waals surface area contributed by atoms with Crippen molar-refractivity contribution in [2.24, 2.45) is 4.99 Å². The van der Waals surface area contributed by atoms with E-state index >= 15 is 0 Å². The normalized spacial score (nSPS) is 35.1. The van der Waals surface area contributed by atoms with Crippen molar-refractivity contribution in [3.63, 3.8) is 0 Å². The number of dihydropyridines is 1. The molecule has 2 atom stereocenters. The van der Waals surface area contributed by atoms with Crippen LogP contribution in [0.1, 0.15) is 0 Å². The van der Waals surface area contributed by atoms with Crippen molar-refractivity contribution in [3.8, 4) is 0 Å². The van der Waals surface area contributed by atoms with Gasteiger partial charge in [0.25, 0.3) is 0 Å². The van der Waals surface area contributed by atoms with Crippen molar-refractivity contribution in [2.75, 3.05) is 0 Å². The molecular weight excluding hydrogens is 148 g/mol. The van der Waals surface area contributed by atoms with Crippen LogP contribution >= 0.6 is 11.6 Å². The minimum atomic E-state index is 0.201. The number of nitrogens with one attached hydrogen (secondary N) is 1. The van der Waals surface area contributed by atoms with Crippen LogP contribution in [-0.4, -0.2) is 18.3 Å². The van der Waals surface area contributed by atoms with Gasteiger partial charge in [-0.25, -0.2) is 0 Å². The minimum absolute atomic E-state index is 0.201. The summed E-state index contributed by atoms with van der Waals surface area (Å²) in [5.74, 6) is 0. The van der Waals surface area contributed by atoms with Crippen LogP contribution in [0.25, 0.3) is 0 Å². The summed E-state index contributed by atoms with van der Waals surface area (Å²) < 4.78 is 0. The van der Waals surface area contributed by atoms with E-state index in [-0.39, 0.29) is 12.1 Å². The SMILES string of the molecule is ClC1=CC=NC2C=CNC12. The van der Waals surface area contributed by atoms with Gasteiger partial charge < -0.3 is 5.32 Å². The molecule has 2 unspecified atom stereocenters. The standard InChI is InChI=1S/C7H7ClN2/c8-5-1-3-9-6-2-4-10-7(5)6/h1-4,6-7,10H. The van der Waals surface area contributed by atoms with Crippen molar-refractivity contribution < 1.29 is 0 Å². The van der Waals surface area contributed by atoms with Gasteiger partial charge in [0.2, 0.25) is 0 Å². The second-order valence-electron chi connectivity index (χ2n) is 2.34. The predicted molar refractivity (Wildman–Crippen MR) is 42.3 cm³/mol. The van der Waals surface area contributed by atoms with Gasteiger partial charge in [0, 0.05) is 11.2 Å². The Labute approximate surface area is 64.3 Å². The fraction of sp³-hybridized carbons (Fsp3) is 0.286. The van der Waals surface area contributed by atoms with Crippen LogP contribution in [0.5, 0.6) is 0 Å². The van der Waals surface area contributed by atoms with Crippen molar-refractivity contribution in [3.05, 3.63) is 23.4 Å². The zero-order valence-electron chi connectivity index (χ0n) is 5.29. The minimum Gasteiger partial charge on any atom is -0.381 e. The van der Waals surface area contributed by atoms with E-state index < -0.39 is 0 Å². The van der Waals surface area contributed by atoms with Crippen LogP contribution in [-0.2, 0) is 0 Å². The zero-order chi connectivity index (χ0) is 6.97. The number of hydrogen-bond donors (Lipinski definition) is 1. The van der Waals surface area contributed by atoms with Gasteiger partial charge in [-0.05, 0) is 18.4 Å². The molecule has 0 aromatic rings. The molecule has 0 aromatic carbocycles. The number of halogens is 1. The highest BCUT2D eigenvalue weighted by Gasteiger charge is 2.25. The van der Waals surface area contributed by atoms with Gasteiger partial charge in [0.05, 0.1) is 12.1 Å². The number of rotatable bonds is 0. The highest BCUT2D eigenvalue weighted by molar-refractivity contribution is 6.31. The van der Waals surface area contributed by atoms with E-state index in [1.165, 1.54) is 0 Å². The van der Waals surface area contributed by atoms with Gasteiger partial charge in [-0.3, -0.25) is 4.99 Å². The molecule has 2 aliphatic heterocycles. The maximum Gasteiger partial charge on any atom is 0.0948 e. The van der Waals surface area contributed by atoms with Gasteiger partial charge >= 0.3 is 0 Å². The molecule has 0 amide bonds. The molecule has 2 aliphatic rings. The van der Waals surface area contributed by atoms with E-state index in [4.69, 9.17) is 11.6 Å². The van der Waals surface area contributed by atoms with E-state index in [9.17, 15) is 0 Å². The monoisotopic (exact) mass is 154 g/mol. The molecule has 0 bridgehead atoms. The van der Waals surface area contributed by atoms with Crippen LogP contribution in [0.4, 0.5) is 0 Å². The third-order valence-corrected chi connectivity index (χ3v) is 2.06. The molecular formula is C7H7ClN2. The third-order valence-electron chi connectivity index (χ3n) is 1.70. The molecule has 0 saturated heterocycles. The topological polar surface area (TPSA) is 24.4 Å². The lowest BCUT2D eigenvalue weighted by atomic mass is 10.1. The van der Waals surface area contributed by atoms with Crippen LogP contribution in [0.2, 0.25) is 0 Å². The molecule has 0 aliphatic carbocycles. The molecule has 52 valence electrons. The van der Waals surface area contributed by atoms with E-state index in [1.807, 2.05) is 18.4 Å². The summed E-state index contributed by atoms with van der Waals surface area (Å²) >= 11 is 5.89. The summed E-state index contributed by atoms with van der Waals surface area (Å²) in [7, 11) is 0. The molecule has 2 nitrogen and oxygen atoms in total. The highest BCUT2D eigenvalue weighted by Crippen LogP contribution is 2.20. The number of fused-ring (bicyclic) bond motifs is 1. The van der Waals surface area contributed by atoms with Gasteiger partial charge in [0.1, 0.15) is 0 Å². The molecule has 0 radical (unpaired) electrons. The lowest BCUT2D eigenvalue weighted by Crippen LogP contribution is -2.31. The molecule has 3 heteroatoms. The Balaban J connectivity index is 2.29. The summed E-state index contributed by atoms with van der Waals surface area (Å²) in [6, 6.07) is 0.421. The first kappa shape index (κ1) is 5.98. The Hall–Kier alpha value is -0.760. The number of nitrogens with zero attached hydrogens (tertiary/aromatic N) is 1. The smallest absolute Gasteiger partial charge is 0.0948 e. The van der Waals surface area contributed by atoms with E-state index in [0.717, 1.165) is 5.03 Å². The van der Waals surface area contributed by atoms with Crippen LogP contribution < -0.4 is 5.32 Å². The maximum absolute atomic E-state index is 5.89. The first-order valence-corrected chi connectivity index (χ1v) is 3.57. The van der Waals surface area contributed by atoms with E-state index in [0.29, 0.717) is 0 Å². The Kier molecular flexibility index (Phi) is 1.27. The molecule has 10 heavy (non-hydrogen) atoms. The summed E-state index contributed by atoms with van der Waals surface area (Å²) in [4.78, 5) is 4.21. The van der Waals surface area contributed by atoms with Crippen molar-refractivity contribution >= 4 is 17.8 Å². The molecule has 2 rings (SSSR count). The lowest BCUT2D eigenvalue weighted by Gasteiger charge is -2.17. The fourth-order valence-corrected chi connectivity index (χ4v) is 1.41. The van der Waals surface area contributed by atoms with Gasteiger partial charge in [-0.1, -0.05) is 11.6 Å². The second kappa shape index (κ2) is 2.13. The molecule has 1 N–H and O–H groups in total. The van der Waals surface area contributed by atoms with Gasteiger partial charge in [-0.15, -0.1) is 0 Å². The Morgan fingerprint density at radius 3 is 3.30 bits per heavy atom. The molecule has 0 saturated carbocycles. The van der Waals surface area contributed by atoms with Gasteiger partial charge in [-0.2, -0.15) is 0 Å². The average Bonchev–Trinajstić information content (AvgIpc) is 2.36. The lowest BCUT2D eigenvalue weighted by molar-refractivity contribution is 0.657. The zero-order valence-corrected chi connectivity index (χ0v) is 6.05. The van der Waals surface area contributed by atoms with Crippen molar-refractivity contribution in [2.45, 2.75) is 12.1 Å². The predicted octanol–water partition coefficient (Wildman–Crippen LogP) is 1.05. The van der Waals surface area contributed by atoms with Crippen molar-refractivity contribution in [1.82, 2.24) is 5.32 Å². The molecule has 0 aromatic heterocycles. The highest BCUT2D eigenvalue weighted by atomic mass is 35.5. The van der Waals surface area contributed by atoms with Crippen LogP contribution in [0.3, 0.4) is 0 Å². The van der Waals surface area contributed by atoms with Crippen molar-refractivity contribution in [1.29, 1.82) is 0 Å². The summed E-state index contributed by atoms with van der Waals surface area (Å²) in [6.45, 7) is 0. The van der Waals surface area contributed by atoms with E-state index in [2.05, 4.69) is 10.3 Å². The molecule has 0 fully saturated rings. The summed E-state index contributed by atoms with van der Waals surface area (Å²) in [5.41, 5.74) is 0. The van der Waals surface area contributed by atoms with Gasteiger partial charge in [0.15, 0.2) is 0 Å². The first-order chi connectivity index (χ1) is 4.88. The fourth-order valence-electron chi connectivity index (χ4n) is 1.16. The summed E-state index contributed by atoms with van der Waals surface area (Å²) in [6.07, 6.45) is 7.48. The Morgan fingerprint density at radius 2 is 2.50 bits per heavy atom. The molecule has 0 spiro atoms. The maximum atomic E-state index is 5.89. The number of allylic oxidation sites excluding steroid dienone is 1. The number of hydrogen-bond acceptors (Lipinski definition) is 2. The van der Waals surface area contributed by atoms with Crippen LogP contribution in [0, 0.1) is 0 Å². The van der Waals surface area contributed by atoms with E-state index in [1.54, 1.807) is 6.21 Å². The number of aliphatic imine (C=N–C) groups is 1. The average molecular weight is 155 g/mol. The molecule has 2 heterocycles. The third kappa shape index (κ3) is 0.762. The first-order valence-electron chi connectivity index (χ1n) is 3.19.